The standard InChI is InChI=1S/C5H2F6O2.Ca.2H/c6-4(7,8)2(12)1-3(13)5(9,10)11;;;/h1H2;;;/q;+2;2*-1. The minimum absolute atomic E-state index is 0. The summed E-state index contributed by atoms with van der Waals surface area (Å²) in [5, 5.41) is 0. The molecule has 0 aromatic heterocycles. The van der Waals surface area contributed by atoms with Crippen molar-refractivity contribution in [2.24, 2.45) is 0 Å². The zero-order valence-electron chi connectivity index (χ0n) is 8.50. The fraction of sp³-hybridized carbons (Fsp3) is 0.600. The number of rotatable bonds is 2. The first-order valence-electron chi connectivity index (χ1n) is 2.75. The van der Waals surface area contributed by atoms with Gasteiger partial charge in [0.1, 0.15) is 0 Å². The minimum Gasteiger partial charge on any atom is -1.00 e. The van der Waals surface area contributed by atoms with E-state index in [1.165, 1.54) is 0 Å². The van der Waals surface area contributed by atoms with E-state index in [9.17, 15) is 35.9 Å². The Morgan fingerprint density at radius 1 is 0.857 bits per heavy atom. The van der Waals surface area contributed by atoms with Crippen LogP contribution < -0.4 is 0 Å². The summed E-state index contributed by atoms with van der Waals surface area (Å²) in [5.41, 5.74) is 0. The van der Waals surface area contributed by atoms with Gasteiger partial charge in [0.15, 0.2) is 0 Å². The molecule has 0 spiro atoms. The molecule has 0 aliphatic heterocycles. The van der Waals surface area contributed by atoms with Gasteiger partial charge in [0.2, 0.25) is 11.6 Å². The van der Waals surface area contributed by atoms with Gasteiger partial charge in [-0.05, 0) is 0 Å². The monoisotopic (exact) mass is 250 g/mol. The summed E-state index contributed by atoms with van der Waals surface area (Å²) in [6, 6.07) is 0. The number of carbonyl (C=O) groups is 2. The minimum atomic E-state index is -5.40. The molecule has 9 heteroatoms. The van der Waals surface area contributed by atoms with Crippen molar-refractivity contribution < 1.29 is 38.8 Å². The van der Waals surface area contributed by atoms with Crippen LogP contribution in [0.3, 0.4) is 0 Å². The van der Waals surface area contributed by atoms with Crippen LogP contribution >= 0.6 is 0 Å². The molecule has 0 bridgehead atoms. The van der Waals surface area contributed by atoms with E-state index < -0.39 is 30.3 Å². The van der Waals surface area contributed by atoms with Crippen LogP contribution in [0.1, 0.15) is 9.27 Å². The molecular formula is C5H4CaF6O2. The fourth-order valence-electron chi connectivity index (χ4n) is 0.346. The second-order valence-electron chi connectivity index (χ2n) is 2.02. The molecule has 0 aromatic rings. The third kappa shape index (κ3) is 5.82. The van der Waals surface area contributed by atoms with Crippen molar-refractivity contribution in [1.29, 1.82) is 0 Å². The molecular weight excluding hydrogens is 246 g/mol. The summed E-state index contributed by atoms with van der Waals surface area (Å²) in [6.45, 7) is 0. The molecule has 0 heterocycles. The molecule has 0 fully saturated rings. The van der Waals surface area contributed by atoms with Gasteiger partial charge in [0.05, 0.1) is 6.42 Å². The number of hydrogen-bond donors (Lipinski definition) is 0. The number of Topliss-reactive ketones (excluding diaryl/α,β-unsaturated/α-hetero) is 2. The average Bonchev–Trinajstić information content (AvgIpc) is 1.82. The van der Waals surface area contributed by atoms with Crippen molar-refractivity contribution in [2.45, 2.75) is 18.8 Å². The first-order valence-corrected chi connectivity index (χ1v) is 2.75. The van der Waals surface area contributed by atoms with Gasteiger partial charge in [-0.1, -0.05) is 0 Å². The Labute approximate surface area is 107 Å². The Kier molecular flexibility index (Phi) is 6.30. The van der Waals surface area contributed by atoms with E-state index in [1.54, 1.807) is 0 Å². The maximum absolute atomic E-state index is 11.3. The molecule has 0 amide bonds. The van der Waals surface area contributed by atoms with Crippen LogP contribution in [0.4, 0.5) is 26.3 Å². The zero-order chi connectivity index (χ0) is 10.9. The molecule has 0 rings (SSSR count). The van der Waals surface area contributed by atoms with Crippen LogP contribution in [0.15, 0.2) is 0 Å². The molecule has 14 heavy (non-hydrogen) atoms. The molecule has 0 unspecified atom stereocenters. The van der Waals surface area contributed by atoms with Crippen LogP contribution in [0, 0.1) is 0 Å². The Hall–Kier alpha value is 0.180. The van der Waals surface area contributed by atoms with Crippen molar-refractivity contribution in [3.8, 4) is 0 Å². The summed E-state index contributed by atoms with van der Waals surface area (Å²) in [6.07, 6.45) is -13.0. The van der Waals surface area contributed by atoms with E-state index in [1.807, 2.05) is 0 Å². The van der Waals surface area contributed by atoms with Gasteiger partial charge < -0.3 is 2.85 Å². The molecule has 0 saturated heterocycles. The molecule has 80 valence electrons. The summed E-state index contributed by atoms with van der Waals surface area (Å²) in [7, 11) is 0. The smallest absolute Gasteiger partial charge is 1.00 e. The third-order valence-electron chi connectivity index (χ3n) is 0.953. The number of carbonyl (C=O) groups excluding carboxylic acids is 2. The Balaban J connectivity index is -0.000000240. The molecule has 0 saturated carbocycles. The molecule has 2 nitrogen and oxygen atoms in total. The molecule has 0 N–H and O–H groups in total. The summed E-state index contributed by atoms with van der Waals surface area (Å²) < 4.78 is 68.0. The number of hydrogen-bond acceptors (Lipinski definition) is 2. The van der Waals surface area contributed by atoms with E-state index in [0.717, 1.165) is 0 Å². The van der Waals surface area contributed by atoms with Gasteiger partial charge in [0, 0.05) is 0 Å². The number of ketones is 2. The SMILES string of the molecule is O=C(CC(=O)C(F)(F)F)C(F)(F)F.[Ca+2].[H-].[H-]. The second kappa shape index (κ2) is 5.31. The molecule has 0 aliphatic carbocycles. The molecule has 0 radical (unpaired) electrons. The van der Waals surface area contributed by atoms with Gasteiger partial charge >= 0.3 is 50.1 Å². The average molecular weight is 250 g/mol. The van der Waals surface area contributed by atoms with Crippen LogP contribution in [-0.2, 0) is 9.59 Å². The zero-order valence-corrected chi connectivity index (χ0v) is 8.71. The Bertz CT molecular complexity index is 214. The fourth-order valence-corrected chi connectivity index (χ4v) is 0.346. The predicted octanol–water partition coefficient (Wildman–Crippen LogP) is 1.48. The normalized spacial score (nSPS) is 11.9. The van der Waals surface area contributed by atoms with Gasteiger partial charge in [-0.2, -0.15) is 26.3 Å². The quantitative estimate of drug-likeness (QED) is 0.422. The van der Waals surface area contributed by atoms with Crippen molar-refractivity contribution in [3.05, 3.63) is 0 Å². The van der Waals surface area contributed by atoms with Crippen LogP contribution in [0.2, 0.25) is 0 Å². The van der Waals surface area contributed by atoms with Gasteiger partial charge in [-0.15, -0.1) is 0 Å². The van der Waals surface area contributed by atoms with Gasteiger partial charge in [-0.25, -0.2) is 0 Å². The van der Waals surface area contributed by atoms with Crippen molar-refractivity contribution >= 4 is 49.3 Å². The van der Waals surface area contributed by atoms with Crippen molar-refractivity contribution in [2.75, 3.05) is 0 Å². The van der Waals surface area contributed by atoms with E-state index in [4.69, 9.17) is 0 Å². The summed E-state index contributed by atoms with van der Waals surface area (Å²) >= 11 is 0. The summed E-state index contributed by atoms with van der Waals surface area (Å²) in [4.78, 5) is 19.8. The number of halogens is 6. The van der Waals surface area contributed by atoms with Crippen LogP contribution in [-0.4, -0.2) is 61.7 Å². The second-order valence-corrected chi connectivity index (χ2v) is 2.02. The van der Waals surface area contributed by atoms with Crippen LogP contribution in [0.5, 0.6) is 0 Å². The predicted molar refractivity (Wildman–Crippen MR) is 34.7 cm³/mol. The van der Waals surface area contributed by atoms with Gasteiger partial charge in [0.25, 0.3) is 0 Å². The first-order chi connectivity index (χ1) is 5.55. The molecule has 0 aliphatic rings. The third-order valence-corrected chi connectivity index (χ3v) is 0.953. The van der Waals surface area contributed by atoms with E-state index in [0.29, 0.717) is 0 Å². The molecule has 0 atom stereocenters. The van der Waals surface area contributed by atoms with Crippen molar-refractivity contribution in [3.63, 3.8) is 0 Å². The maximum atomic E-state index is 11.3. The van der Waals surface area contributed by atoms with E-state index in [-0.39, 0.29) is 40.6 Å². The number of alkyl halides is 6. The summed E-state index contributed by atoms with van der Waals surface area (Å²) in [5.74, 6) is -5.40. The largest absolute Gasteiger partial charge is 2.00 e. The Morgan fingerprint density at radius 3 is 1.21 bits per heavy atom. The topological polar surface area (TPSA) is 34.1 Å². The first kappa shape index (κ1) is 16.6. The van der Waals surface area contributed by atoms with E-state index >= 15 is 0 Å². The van der Waals surface area contributed by atoms with E-state index in [2.05, 4.69) is 0 Å². The maximum Gasteiger partial charge on any atom is 2.00 e. The van der Waals surface area contributed by atoms with Crippen LogP contribution in [0.25, 0.3) is 0 Å². The Morgan fingerprint density at radius 2 is 1.07 bits per heavy atom. The van der Waals surface area contributed by atoms with Gasteiger partial charge in [-0.3, -0.25) is 9.59 Å². The van der Waals surface area contributed by atoms with Crippen molar-refractivity contribution in [1.82, 2.24) is 0 Å². The molecule has 0 aromatic carbocycles.